The van der Waals surface area contributed by atoms with Gasteiger partial charge in [-0.15, -0.1) is 0 Å². The highest BCUT2D eigenvalue weighted by Crippen LogP contribution is 2.38. The highest BCUT2D eigenvalue weighted by Gasteiger charge is 2.63. The fraction of sp³-hybridized carbons (Fsp3) is 0.222. The van der Waals surface area contributed by atoms with E-state index < -0.39 is 29.3 Å². The minimum Gasteiger partial charge on any atom is -0.287 e. The molecule has 94 valence electrons. The minimum atomic E-state index is -6.06. The Kier molecular flexibility index (Phi) is 3.56. The van der Waals surface area contributed by atoms with Gasteiger partial charge in [-0.3, -0.25) is 4.79 Å². The van der Waals surface area contributed by atoms with Gasteiger partial charge in [0.05, 0.1) is 5.56 Å². The van der Waals surface area contributed by atoms with E-state index in [0.717, 1.165) is 6.07 Å². The number of alkyl halides is 5. The predicted molar refractivity (Wildman–Crippen MR) is 49.4 cm³/mol. The zero-order valence-electron chi connectivity index (χ0n) is 7.79. The van der Waals surface area contributed by atoms with Crippen LogP contribution >= 0.6 is 15.9 Å². The molecule has 1 rings (SSSR count). The van der Waals surface area contributed by atoms with Gasteiger partial charge in [-0.2, -0.15) is 22.0 Å². The van der Waals surface area contributed by atoms with Gasteiger partial charge in [0.25, 0.3) is 0 Å². The molecule has 0 aliphatic heterocycles. The molecule has 1 aromatic rings. The number of carbonyl (C=O) groups is 1. The Balaban J connectivity index is 3.26. The number of hydrogen-bond acceptors (Lipinski definition) is 1. The maximum atomic E-state index is 13.0. The van der Waals surface area contributed by atoms with Crippen molar-refractivity contribution in [3.05, 3.63) is 34.1 Å². The Morgan fingerprint density at radius 2 is 1.65 bits per heavy atom. The topological polar surface area (TPSA) is 17.1 Å². The molecule has 0 aromatic heterocycles. The van der Waals surface area contributed by atoms with E-state index in [1.165, 1.54) is 0 Å². The number of halogens is 7. The molecule has 0 saturated carbocycles. The standard InChI is InChI=1S/C9H3BrF6O/c10-4-1-2-6(11)5(3-4)7(17)8(12,13)9(14,15)16/h1-3H. The van der Waals surface area contributed by atoms with Crippen LogP contribution in [0.5, 0.6) is 0 Å². The molecule has 0 bridgehead atoms. The molecule has 1 nitrogen and oxygen atoms in total. The Hall–Kier alpha value is -1.05. The molecule has 0 radical (unpaired) electrons. The van der Waals surface area contributed by atoms with Crippen molar-refractivity contribution in [3.63, 3.8) is 0 Å². The van der Waals surface area contributed by atoms with E-state index >= 15 is 0 Å². The molecule has 0 atom stereocenters. The normalized spacial score (nSPS) is 12.6. The average molecular weight is 321 g/mol. The molecule has 0 spiro atoms. The van der Waals surface area contributed by atoms with Crippen LogP contribution in [0.4, 0.5) is 26.3 Å². The summed E-state index contributed by atoms with van der Waals surface area (Å²) < 4.78 is 74.0. The van der Waals surface area contributed by atoms with Gasteiger partial charge in [0.15, 0.2) is 0 Å². The highest BCUT2D eigenvalue weighted by atomic mass is 79.9. The van der Waals surface area contributed by atoms with Crippen LogP contribution in [0.25, 0.3) is 0 Å². The maximum absolute atomic E-state index is 13.0. The third-order valence-electron chi connectivity index (χ3n) is 1.81. The van der Waals surface area contributed by atoms with Crippen molar-refractivity contribution in [2.75, 3.05) is 0 Å². The Morgan fingerprint density at radius 1 is 1.12 bits per heavy atom. The summed E-state index contributed by atoms with van der Waals surface area (Å²) >= 11 is 2.74. The number of hydrogen-bond donors (Lipinski definition) is 0. The molecule has 0 amide bonds. The molecule has 0 aliphatic carbocycles. The largest absolute Gasteiger partial charge is 0.461 e. The lowest BCUT2D eigenvalue weighted by Gasteiger charge is -2.18. The third kappa shape index (κ3) is 2.62. The minimum absolute atomic E-state index is 0.0141. The van der Waals surface area contributed by atoms with Gasteiger partial charge in [-0.1, -0.05) is 15.9 Å². The molecule has 0 fully saturated rings. The smallest absolute Gasteiger partial charge is 0.287 e. The molecular formula is C9H3BrF6O. The summed E-state index contributed by atoms with van der Waals surface area (Å²) in [7, 11) is 0. The van der Waals surface area contributed by atoms with Gasteiger partial charge in [0.1, 0.15) is 5.82 Å². The molecular weight excluding hydrogens is 318 g/mol. The summed E-state index contributed by atoms with van der Waals surface area (Å²) in [6.45, 7) is 0. The van der Waals surface area contributed by atoms with Crippen LogP contribution < -0.4 is 0 Å². The first-order chi connectivity index (χ1) is 7.57. The van der Waals surface area contributed by atoms with Gasteiger partial charge in [-0.25, -0.2) is 4.39 Å². The Morgan fingerprint density at radius 3 is 2.12 bits per heavy atom. The van der Waals surface area contributed by atoms with Crippen LogP contribution in [0.2, 0.25) is 0 Å². The van der Waals surface area contributed by atoms with E-state index in [1.54, 1.807) is 0 Å². The molecule has 17 heavy (non-hydrogen) atoms. The fourth-order valence-corrected chi connectivity index (χ4v) is 1.33. The van der Waals surface area contributed by atoms with Crippen molar-refractivity contribution in [2.45, 2.75) is 12.1 Å². The van der Waals surface area contributed by atoms with E-state index in [2.05, 4.69) is 15.9 Å². The van der Waals surface area contributed by atoms with E-state index in [0.29, 0.717) is 12.1 Å². The Labute approximate surface area is 99.5 Å². The lowest BCUT2D eigenvalue weighted by atomic mass is 10.0. The van der Waals surface area contributed by atoms with Crippen LogP contribution in [0.3, 0.4) is 0 Å². The van der Waals surface area contributed by atoms with Crippen LogP contribution in [0.15, 0.2) is 22.7 Å². The first-order valence-electron chi connectivity index (χ1n) is 4.02. The van der Waals surface area contributed by atoms with Crippen LogP contribution in [0, 0.1) is 5.82 Å². The van der Waals surface area contributed by atoms with Crippen LogP contribution in [-0.4, -0.2) is 17.9 Å². The fourth-order valence-electron chi connectivity index (χ4n) is 0.969. The van der Waals surface area contributed by atoms with E-state index in [-0.39, 0.29) is 4.47 Å². The van der Waals surface area contributed by atoms with Crippen LogP contribution in [0.1, 0.15) is 10.4 Å². The molecule has 0 saturated heterocycles. The molecule has 1 aromatic carbocycles. The lowest BCUT2D eigenvalue weighted by Crippen LogP contribution is -2.44. The zero-order valence-corrected chi connectivity index (χ0v) is 9.37. The summed E-state index contributed by atoms with van der Waals surface area (Å²) in [4.78, 5) is 11.0. The average Bonchev–Trinajstić information content (AvgIpc) is 2.19. The second-order valence-corrected chi connectivity index (χ2v) is 3.94. The second kappa shape index (κ2) is 4.32. The number of rotatable bonds is 2. The monoisotopic (exact) mass is 320 g/mol. The molecule has 0 heterocycles. The van der Waals surface area contributed by atoms with E-state index in [1.807, 2.05) is 0 Å². The summed E-state index contributed by atoms with van der Waals surface area (Å²) in [5.74, 6) is -9.68. The van der Waals surface area contributed by atoms with Crippen molar-refractivity contribution < 1.29 is 31.1 Å². The van der Waals surface area contributed by atoms with Gasteiger partial charge in [0.2, 0.25) is 5.78 Å². The summed E-state index contributed by atoms with van der Waals surface area (Å²) in [6.07, 6.45) is -6.06. The molecule has 0 aliphatic rings. The number of carbonyl (C=O) groups excluding carboxylic acids is 1. The van der Waals surface area contributed by atoms with Gasteiger partial charge in [-0.05, 0) is 18.2 Å². The van der Waals surface area contributed by atoms with Crippen molar-refractivity contribution in [2.24, 2.45) is 0 Å². The first kappa shape index (κ1) is 14.0. The van der Waals surface area contributed by atoms with Gasteiger partial charge < -0.3 is 0 Å². The van der Waals surface area contributed by atoms with E-state index in [9.17, 15) is 31.1 Å². The predicted octanol–water partition coefficient (Wildman–Crippen LogP) is 3.97. The number of benzene rings is 1. The van der Waals surface area contributed by atoms with Crippen LogP contribution in [-0.2, 0) is 0 Å². The molecule has 0 N–H and O–H groups in total. The zero-order chi connectivity index (χ0) is 13.4. The lowest BCUT2D eigenvalue weighted by molar-refractivity contribution is -0.255. The Bertz CT molecular complexity index is 453. The van der Waals surface area contributed by atoms with Crippen molar-refractivity contribution >= 4 is 21.7 Å². The highest BCUT2D eigenvalue weighted by molar-refractivity contribution is 9.10. The maximum Gasteiger partial charge on any atom is 0.461 e. The summed E-state index contributed by atoms with van der Waals surface area (Å²) in [5.41, 5.74) is -1.32. The molecule has 0 unspecified atom stereocenters. The van der Waals surface area contributed by atoms with Crippen molar-refractivity contribution in [1.29, 1.82) is 0 Å². The summed E-state index contributed by atoms with van der Waals surface area (Å²) in [6, 6.07) is 2.25. The number of Topliss-reactive ketones (excluding diaryl/α,β-unsaturated/α-hetero) is 1. The van der Waals surface area contributed by atoms with Crippen molar-refractivity contribution in [3.8, 4) is 0 Å². The van der Waals surface area contributed by atoms with Gasteiger partial charge in [0, 0.05) is 4.47 Å². The molecule has 8 heteroatoms. The van der Waals surface area contributed by atoms with Gasteiger partial charge >= 0.3 is 12.1 Å². The quantitative estimate of drug-likeness (QED) is 0.595. The SMILES string of the molecule is O=C(c1cc(Br)ccc1F)C(F)(F)C(F)(F)F. The number of ketones is 1. The second-order valence-electron chi connectivity index (χ2n) is 3.03. The van der Waals surface area contributed by atoms with E-state index in [4.69, 9.17) is 0 Å². The summed E-state index contributed by atoms with van der Waals surface area (Å²) in [5, 5.41) is 0. The first-order valence-corrected chi connectivity index (χ1v) is 4.81. The third-order valence-corrected chi connectivity index (χ3v) is 2.31. The van der Waals surface area contributed by atoms with Crippen molar-refractivity contribution in [1.82, 2.24) is 0 Å².